The van der Waals surface area contributed by atoms with E-state index in [4.69, 9.17) is 9.72 Å². The maximum atomic E-state index is 11.0. The minimum absolute atomic E-state index is 0.00844. The van der Waals surface area contributed by atoms with Crippen LogP contribution in [0.5, 0.6) is 5.75 Å². The number of hydrogen-bond donors (Lipinski definition) is 2. The first-order valence-corrected chi connectivity index (χ1v) is 11.6. The molecule has 5 nitrogen and oxygen atoms in total. The Morgan fingerprint density at radius 1 is 1.13 bits per heavy atom. The van der Waals surface area contributed by atoms with Gasteiger partial charge in [-0.25, -0.2) is 4.98 Å². The van der Waals surface area contributed by atoms with Crippen molar-refractivity contribution in [2.45, 2.75) is 40.2 Å². The number of carbonyl (C=O) groups excluding carboxylic acids is 1. The molecule has 0 bridgehead atoms. The first-order chi connectivity index (χ1) is 15.0. The third kappa shape index (κ3) is 4.81. The molecule has 0 atom stereocenters. The van der Waals surface area contributed by atoms with Crippen LogP contribution in [0, 0.1) is 13.8 Å². The molecule has 0 fully saturated rings. The van der Waals surface area contributed by atoms with Crippen LogP contribution in [-0.4, -0.2) is 30.6 Å². The van der Waals surface area contributed by atoms with E-state index >= 15 is 0 Å². The molecule has 1 aliphatic heterocycles. The van der Waals surface area contributed by atoms with Crippen LogP contribution in [0.15, 0.2) is 36.4 Å². The van der Waals surface area contributed by atoms with E-state index in [-0.39, 0.29) is 5.91 Å². The van der Waals surface area contributed by atoms with Crippen LogP contribution in [0.1, 0.15) is 35.0 Å². The normalized spacial score (nSPS) is 13.0. The van der Waals surface area contributed by atoms with Crippen LogP contribution < -0.4 is 15.4 Å². The number of nitrogens with zero attached hydrogens (tertiary/aromatic N) is 1. The lowest BCUT2D eigenvalue weighted by molar-refractivity contribution is -0.118. The van der Waals surface area contributed by atoms with E-state index in [0.29, 0.717) is 13.2 Å². The summed E-state index contributed by atoms with van der Waals surface area (Å²) in [6.07, 6.45) is 1.78. The van der Waals surface area contributed by atoms with E-state index in [1.54, 1.807) is 11.3 Å². The Bertz CT molecular complexity index is 1070. The lowest BCUT2D eigenvalue weighted by Gasteiger charge is -2.16. The molecule has 31 heavy (non-hydrogen) atoms. The molecular weight excluding hydrogens is 406 g/mol. The van der Waals surface area contributed by atoms with E-state index in [9.17, 15) is 4.79 Å². The predicted octanol–water partition coefficient (Wildman–Crippen LogP) is 4.64. The Hall–Kier alpha value is -2.70. The van der Waals surface area contributed by atoms with Gasteiger partial charge in [-0.05, 0) is 48.6 Å². The first kappa shape index (κ1) is 21.5. The van der Waals surface area contributed by atoms with E-state index in [1.807, 2.05) is 12.1 Å². The fourth-order valence-corrected chi connectivity index (χ4v) is 5.14. The van der Waals surface area contributed by atoms with Crippen molar-refractivity contribution in [1.82, 2.24) is 15.6 Å². The second kappa shape index (κ2) is 9.62. The highest BCUT2D eigenvalue weighted by Gasteiger charge is 2.18. The Morgan fingerprint density at radius 2 is 1.87 bits per heavy atom. The molecule has 0 saturated carbocycles. The zero-order valence-electron chi connectivity index (χ0n) is 18.4. The van der Waals surface area contributed by atoms with Gasteiger partial charge in [0.05, 0.1) is 12.3 Å². The molecule has 2 N–H and O–H groups in total. The largest absolute Gasteiger partial charge is 0.493 e. The quantitative estimate of drug-likeness (QED) is 0.531. The monoisotopic (exact) mass is 435 g/mol. The highest BCUT2D eigenvalue weighted by molar-refractivity contribution is 7.15. The molecule has 0 saturated heterocycles. The summed E-state index contributed by atoms with van der Waals surface area (Å²) < 4.78 is 6.02. The van der Waals surface area contributed by atoms with Gasteiger partial charge in [0, 0.05) is 43.4 Å². The van der Waals surface area contributed by atoms with Gasteiger partial charge in [0.1, 0.15) is 10.8 Å². The number of aromatic nitrogens is 1. The highest BCUT2D eigenvalue weighted by atomic mass is 32.1. The average Bonchev–Trinajstić information content (AvgIpc) is 3.19. The summed E-state index contributed by atoms with van der Waals surface area (Å²) in [4.78, 5) is 17.3. The zero-order valence-corrected chi connectivity index (χ0v) is 19.2. The number of rotatable bonds is 7. The van der Waals surface area contributed by atoms with Crippen molar-refractivity contribution in [3.8, 4) is 27.4 Å². The van der Waals surface area contributed by atoms with Crippen molar-refractivity contribution in [3.63, 3.8) is 0 Å². The number of thiazole rings is 1. The van der Waals surface area contributed by atoms with Gasteiger partial charge in [-0.2, -0.15) is 0 Å². The number of nitrogens with one attached hydrogen (secondary N) is 2. The smallest absolute Gasteiger partial charge is 0.216 e. The summed E-state index contributed by atoms with van der Waals surface area (Å²) in [6.45, 7) is 8.95. The van der Waals surface area contributed by atoms with Gasteiger partial charge in [-0.3, -0.25) is 4.79 Å². The highest BCUT2D eigenvalue weighted by Crippen LogP contribution is 2.38. The van der Waals surface area contributed by atoms with Crippen molar-refractivity contribution in [1.29, 1.82) is 0 Å². The molecule has 2 aromatic carbocycles. The second-order valence-corrected chi connectivity index (χ2v) is 8.99. The number of hydrogen-bond acceptors (Lipinski definition) is 5. The van der Waals surface area contributed by atoms with Gasteiger partial charge in [0.15, 0.2) is 0 Å². The summed E-state index contributed by atoms with van der Waals surface area (Å²) in [6, 6.07) is 12.7. The molecule has 6 heteroatoms. The lowest BCUT2D eigenvalue weighted by atomic mass is 9.93. The number of amides is 1. The van der Waals surface area contributed by atoms with Crippen LogP contribution in [0.2, 0.25) is 0 Å². The minimum atomic E-state index is -0.00844. The Labute approximate surface area is 187 Å². The van der Waals surface area contributed by atoms with Gasteiger partial charge in [-0.15, -0.1) is 11.3 Å². The fourth-order valence-electron chi connectivity index (χ4n) is 3.98. The average molecular weight is 436 g/mol. The molecule has 3 aromatic rings. The third-order valence-corrected chi connectivity index (χ3v) is 6.82. The standard InChI is InChI=1S/C25H29N3O2S/c1-16-19(7-4-9-21(16)25-28-22-11-13-26-15-24(22)31-25)20-8-5-10-23(17(20)2)30-14-6-12-27-18(3)29/h4-5,7-10,26H,6,11-15H2,1-3H3,(H,27,29). The van der Waals surface area contributed by atoms with Gasteiger partial charge in [0.25, 0.3) is 0 Å². The maximum absolute atomic E-state index is 11.0. The molecular formula is C25H29N3O2S. The summed E-state index contributed by atoms with van der Waals surface area (Å²) in [5.41, 5.74) is 7.22. The molecule has 0 unspecified atom stereocenters. The number of fused-ring (bicyclic) bond motifs is 1. The van der Waals surface area contributed by atoms with Crippen LogP contribution in [0.3, 0.4) is 0 Å². The molecule has 4 rings (SSSR count). The van der Waals surface area contributed by atoms with Crippen molar-refractivity contribution in [3.05, 3.63) is 58.1 Å². The third-order valence-electron chi connectivity index (χ3n) is 5.69. The van der Waals surface area contributed by atoms with Crippen molar-refractivity contribution >= 4 is 17.2 Å². The second-order valence-electron chi connectivity index (χ2n) is 7.91. The molecule has 2 heterocycles. The molecule has 1 aliphatic rings. The first-order valence-electron chi connectivity index (χ1n) is 10.8. The predicted molar refractivity (Wildman–Crippen MR) is 127 cm³/mol. The van der Waals surface area contributed by atoms with Crippen molar-refractivity contribution in [2.75, 3.05) is 19.7 Å². The SMILES string of the molecule is CC(=O)NCCCOc1cccc(-c2cccc(-c3nc4c(s3)CNCC4)c2C)c1C. The summed E-state index contributed by atoms with van der Waals surface area (Å²) in [5, 5.41) is 7.35. The molecule has 1 amide bonds. The summed E-state index contributed by atoms with van der Waals surface area (Å²) in [7, 11) is 0. The Kier molecular flexibility index (Phi) is 6.68. The topological polar surface area (TPSA) is 63.2 Å². The molecule has 0 aliphatic carbocycles. The summed E-state index contributed by atoms with van der Waals surface area (Å²) in [5.74, 6) is 0.881. The van der Waals surface area contributed by atoms with Crippen LogP contribution >= 0.6 is 11.3 Å². The van der Waals surface area contributed by atoms with E-state index in [1.165, 1.54) is 39.7 Å². The zero-order chi connectivity index (χ0) is 21.8. The van der Waals surface area contributed by atoms with Gasteiger partial charge in [-0.1, -0.05) is 30.3 Å². The molecule has 0 spiro atoms. The molecule has 162 valence electrons. The number of ether oxygens (including phenoxy) is 1. The Balaban J connectivity index is 1.58. The lowest BCUT2D eigenvalue weighted by Crippen LogP contribution is -2.22. The van der Waals surface area contributed by atoms with Gasteiger partial charge >= 0.3 is 0 Å². The Morgan fingerprint density at radius 3 is 2.65 bits per heavy atom. The van der Waals surface area contributed by atoms with Crippen molar-refractivity contribution in [2.24, 2.45) is 0 Å². The van der Waals surface area contributed by atoms with E-state index in [0.717, 1.165) is 42.3 Å². The summed E-state index contributed by atoms with van der Waals surface area (Å²) >= 11 is 1.80. The minimum Gasteiger partial charge on any atom is -0.493 e. The van der Waals surface area contributed by atoms with Crippen molar-refractivity contribution < 1.29 is 9.53 Å². The van der Waals surface area contributed by atoms with Gasteiger partial charge in [0.2, 0.25) is 5.91 Å². The molecule has 0 radical (unpaired) electrons. The number of carbonyl (C=O) groups is 1. The van der Waals surface area contributed by atoms with E-state index in [2.05, 4.69) is 48.7 Å². The van der Waals surface area contributed by atoms with Crippen LogP contribution in [-0.2, 0) is 17.8 Å². The van der Waals surface area contributed by atoms with Gasteiger partial charge < -0.3 is 15.4 Å². The van der Waals surface area contributed by atoms with Crippen LogP contribution in [0.4, 0.5) is 0 Å². The maximum Gasteiger partial charge on any atom is 0.216 e. The number of benzene rings is 2. The fraction of sp³-hybridized carbons (Fsp3) is 0.360. The van der Waals surface area contributed by atoms with Crippen LogP contribution in [0.25, 0.3) is 21.7 Å². The van der Waals surface area contributed by atoms with E-state index < -0.39 is 0 Å². The molecule has 1 aromatic heterocycles.